The van der Waals surface area contributed by atoms with Gasteiger partial charge in [0.2, 0.25) is 0 Å². The number of fused-ring (bicyclic) bond motifs is 2. The lowest BCUT2D eigenvalue weighted by atomic mass is 9.82. The number of benzene rings is 2. The Balaban J connectivity index is 1.68. The molecule has 5 rings (SSSR count). The maximum absolute atomic E-state index is 12.7. The number of aromatic nitrogens is 2. The number of aliphatic imine (C=N–C) groups is 1. The number of para-hydroxylation sites is 2. The molecule has 2 aliphatic rings. The van der Waals surface area contributed by atoms with Crippen LogP contribution in [-0.2, 0) is 4.74 Å². The van der Waals surface area contributed by atoms with Crippen LogP contribution in [0.4, 0.5) is 5.69 Å². The summed E-state index contributed by atoms with van der Waals surface area (Å²) in [5, 5.41) is 0. The molecule has 2 aromatic carbocycles. The third-order valence-electron chi connectivity index (χ3n) is 5.80. The van der Waals surface area contributed by atoms with Gasteiger partial charge in [0.25, 0.3) is 0 Å². The molecule has 1 saturated carbocycles. The maximum atomic E-state index is 12.7. The molecule has 3 aromatic rings. The zero-order valence-corrected chi connectivity index (χ0v) is 14.7. The van der Waals surface area contributed by atoms with Crippen molar-refractivity contribution in [1.29, 1.82) is 0 Å². The van der Waals surface area contributed by atoms with Gasteiger partial charge in [-0.1, -0.05) is 24.3 Å². The monoisotopic (exact) mass is 347 g/mol. The molecule has 26 heavy (non-hydrogen) atoms. The summed E-state index contributed by atoms with van der Waals surface area (Å²) in [5.41, 5.74) is 5.63. The first kappa shape index (κ1) is 15.6. The second-order valence-corrected chi connectivity index (χ2v) is 7.19. The van der Waals surface area contributed by atoms with Gasteiger partial charge in [-0.25, -0.2) is 4.79 Å². The van der Waals surface area contributed by atoms with Crippen LogP contribution < -0.4 is 5.69 Å². The predicted molar refractivity (Wildman–Crippen MR) is 103 cm³/mol. The lowest BCUT2D eigenvalue weighted by molar-refractivity contribution is 0.0659. The molecule has 1 aromatic heterocycles. The van der Waals surface area contributed by atoms with Crippen LogP contribution in [0.5, 0.6) is 0 Å². The van der Waals surface area contributed by atoms with Gasteiger partial charge in [0.1, 0.15) is 0 Å². The van der Waals surface area contributed by atoms with Crippen molar-refractivity contribution >= 4 is 22.9 Å². The molecule has 0 bridgehead atoms. The van der Waals surface area contributed by atoms with Crippen molar-refractivity contribution in [2.75, 3.05) is 7.11 Å². The maximum Gasteiger partial charge on any atom is 0.331 e. The number of H-pyrrole nitrogens is 1. The fourth-order valence-electron chi connectivity index (χ4n) is 4.46. The molecule has 1 N–H and O–H groups in total. The van der Waals surface area contributed by atoms with Gasteiger partial charge in [-0.2, -0.15) is 0 Å². The summed E-state index contributed by atoms with van der Waals surface area (Å²) in [7, 11) is 1.80. The quantitative estimate of drug-likeness (QED) is 0.594. The summed E-state index contributed by atoms with van der Waals surface area (Å²) in [6.45, 7) is 0. The van der Waals surface area contributed by atoms with Gasteiger partial charge >= 0.3 is 5.69 Å². The standard InChI is InChI=1S/C21H21N3O2/c1-26-15-10-8-13(9-11-15)16-5-3-7-18-19(16)22-12-14-4-2-6-17-20(14)24(18)21(25)23-17/h2-7,12-13,15H,8-11H2,1H3,(H,23,25). The third-order valence-corrected chi connectivity index (χ3v) is 5.80. The molecular formula is C21H21N3O2. The van der Waals surface area contributed by atoms with Crippen LogP contribution in [0.2, 0.25) is 0 Å². The number of nitrogens with zero attached hydrogens (tertiary/aromatic N) is 2. The van der Waals surface area contributed by atoms with Crippen molar-refractivity contribution < 1.29 is 4.74 Å². The normalized spacial score (nSPS) is 21.6. The molecule has 1 aliphatic heterocycles. The van der Waals surface area contributed by atoms with Crippen molar-refractivity contribution in [2.24, 2.45) is 4.99 Å². The second kappa shape index (κ2) is 5.95. The fourth-order valence-corrected chi connectivity index (χ4v) is 4.46. The molecule has 1 fully saturated rings. The van der Waals surface area contributed by atoms with Gasteiger partial charge in [0.05, 0.1) is 28.5 Å². The predicted octanol–water partition coefficient (Wildman–Crippen LogP) is 4.06. The van der Waals surface area contributed by atoms with Crippen LogP contribution in [0.1, 0.15) is 42.7 Å². The van der Waals surface area contributed by atoms with E-state index < -0.39 is 0 Å². The lowest BCUT2D eigenvalue weighted by Gasteiger charge is -2.29. The average Bonchev–Trinajstić information content (AvgIpc) is 2.91. The van der Waals surface area contributed by atoms with Crippen molar-refractivity contribution in [3.05, 3.63) is 58.0 Å². The van der Waals surface area contributed by atoms with Crippen molar-refractivity contribution in [2.45, 2.75) is 37.7 Å². The van der Waals surface area contributed by atoms with E-state index in [-0.39, 0.29) is 5.69 Å². The molecule has 0 spiro atoms. The van der Waals surface area contributed by atoms with Crippen LogP contribution >= 0.6 is 0 Å². The first-order chi connectivity index (χ1) is 12.8. The Morgan fingerprint density at radius 3 is 2.73 bits per heavy atom. The van der Waals surface area contributed by atoms with E-state index in [0.29, 0.717) is 12.0 Å². The summed E-state index contributed by atoms with van der Waals surface area (Å²) in [6.07, 6.45) is 6.59. The number of hydrogen-bond acceptors (Lipinski definition) is 3. The SMILES string of the molecule is COC1CCC(c2cccc3c2N=Cc2cccc4[nH]c(=O)n-3c24)CC1. The molecule has 0 radical (unpaired) electrons. The Labute approximate surface area is 151 Å². The number of hydrogen-bond donors (Lipinski definition) is 1. The van der Waals surface area contributed by atoms with Gasteiger partial charge < -0.3 is 9.72 Å². The van der Waals surface area contributed by atoms with Crippen LogP contribution in [0.15, 0.2) is 46.2 Å². The van der Waals surface area contributed by atoms with E-state index in [0.717, 1.165) is 53.7 Å². The number of methoxy groups -OCH3 is 1. The van der Waals surface area contributed by atoms with E-state index in [1.54, 1.807) is 11.7 Å². The molecule has 0 amide bonds. The van der Waals surface area contributed by atoms with Gasteiger partial charge in [-0.15, -0.1) is 0 Å². The van der Waals surface area contributed by atoms with Gasteiger partial charge in [-0.3, -0.25) is 9.56 Å². The zero-order valence-electron chi connectivity index (χ0n) is 14.7. The Kier molecular flexibility index (Phi) is 3.57. The van der Waals surface area contributed by atoms with Crippen molar-refractivity contribution in [3.63, 3.8) is 0 Å². The highest BCUT2D eigenvalue weighted by Gasteiger charge is 2.26. The molecule has 2 heterocycles. The van der Waals surface area contributed by atoms with Gasteiger partial charge in [0.15, 0.2) is 0 Å². The summed E-state index contributed by atoms with van der Waals surface area (Å²) < 4.78 is 7.29. The molecule has 0 atom stereocenters. The highest BCUT2D eigenvalue weighted by molar-refractivity contribution is 6.00. The number of ether oxygens (including phenoxy) is 1. The topological polar surface area (TPSA) is 59.4 Å². The lowest BCUT2D eigenvalue weighted by Crippen LogP contribution is -2.20. The summed E-state index contributed by atoms with van der Waals surface area (Å²) in [6, 6.07) is 12.1. The van der Waals surface area contributed by atoms with Crippen LogP contribution in [0.25, 0.3) is 16.7 Å². The van der Waals surface area contributed by atoms with E-state index in [4.69, 9.17) is 9.73 Å². The molecule has 0 unspecified atom stereocenters. The van der Waals surface area contributed by atoms with E-state index in [1.807, 2.05) is 36.5 Å². The molecule has 1 aliphatic carbocycles. The highest BCUT2D eigenvalue weighted by atomic mass is 16.5. The third kappa shape index (κ3) is 2.27. The Morgan fingerprint density at radius 1 is 1.12 bits per heavy atom. The fraction of sp³-hybridized carbons (Fsp3) is 0.333. The molecule has 5 nitrogen and oxygen atoms in total. The van der Waals surface area contributed by atoms with E-state index in [9.17, 15) is 4.79 Å². The van der Waals surface area contributed by atoms with Crippen LogP contribution in [0.3, 0.4) is 0 Å². The molecule has 0 saturated heterocycles. The molecule has 5 heteroatoms. The van der Waals surface area contributed by atoms with Gasteiger partial charge in [-0.05, 0) is 49.3 Å². The average molecular weight is 347 g/mol. The second-order valence-electron chi connectivity index (χ2n) is 7.19. The van der Waals surface area contributed by atoms with Crippen LogP contribution in [0, 0.1) is 0 Å². The number of rotatable bonds is 2. The first-order valence-corrected chi connectivity index (χ1v) is 9.20. The Morgan fingerprint density at radius 2 is 1.92 bits per heavy atom. The van der Waals surface area contributed by atoms with E-state index in [2.05, 4.69) is 11.1 Å². The summed E-state index contributed by atoms with van der Waals surface area (Å²) in [4.78, 5) is 20.5. The minimum Gasteiger partial charge on any atom is -0.381 e. The van der Waals surface area contributed by atoms with Crippen LogP contribution in [-0.4, -0.2) is 29.0 Å². The zero-order chi connectivity index (χ0) is 17.7. The van der Waals surface area contributed by atoms with E-state index in [1.165, 1.54) is 5.56 Å². The van der Waals surface area contributed by atoms with Crippen molar-refractivity contribution in [3.8, 4) is 5.69 Å². The number of imidazole rings is 1. The van der Waals surface area contributed by atoms with E-state index >= 15 is 0 Å². The first-order valence-electron chi connectivity index (χ1n) is 9.20. The smallest absolute Gasteiger partial charge is 0.331 e. The minimum absolute atomic E-state index is 0.112. The number of aromatic amines is 1. The molecular weight excluding hydrogens is 326 g/mol. The summed E-state index contributed by atoms with van der Waals surface area (Å²) >= 11 is 0. The molecule has 132 valence electrons. The number of nitrogens with one attached hydrogen (secondary N) is 1. The Bertz CT molecular complexity index is 1070. The summed E-state index contributed by atoms with van der Waals surface area (Å²) in [5.74, 6) is 0.458. The minimum atomic E-state index is -0.112. The van der Waals surface area contributed by atoms with Crippen molar-refractivity contribution in [1.82, 2.24) is 9.55 Å². The highest BCUT2D eigenvalue weighted by Crippen LogP contribution is 2.42. The largest absolute Gasteiger partial charge is 0.381 e. The van der Waals surface area contributed by atoms with Gasteiger partial charge in [0, 0.05) is 18.9 Å². The Hall–Kier alpha value is -2.66.